The highest BCUT2D eigenvalue weighted by molar-refractivity contribution is 7.22. The largest absolute Gasteiger partial charge is 0.453 e. The Hall–Kier alpha value is -4.29. The molecule has 0 saturated heterocycles. The molecule has 1 aromatic carbocycles. The van der Waals surface area contributed by atoms with Crippen LogP contribution < -0.4 is 20.7 Å². The summed E-state index contributed by atoms with van der Waals surface area (Å²) in [7, 11) is 1.60. The van der Waals surface area contributed by atoms with Gasteiger partial charge in [-0.2, -0.15) is 0 Å². The number of nitrogens with one attached hydrogen (secondary N) is 3. The van der Waals surface area contributed by atoms with E-state index in [1.165, 1.54) is 23.5 Å². The third-order valence-electron chi connectivity index (χ3n) is 6.41. The quantitative estimate of drug-likeness (QED) is 0.193. The highest BCUT2D eigenvalue weighted by atomic mass is 32.1. The molecule has 3 heterocycles. The molecular formula is C30H33FN6O4S. The number of rotatable bonds is 11. The van der Waals surface area contributed by atoms with Crippen molar-refractivity contribution in [3.05, 3.63) is 66.2 Å². The lowest BCUT2D eigenvalue weighted by molar-refractivity contribution is 0.145. The number of ether oxygens (including phenoxy) is 2. The number of nitrogens with zero attached hydrogens (tertiary/aromatic N) is 3. The van der Waals surface area contributed by atoms with Gasteiger partial charge in [0.15, 0.2) is 11.6 Å². The van der Waals surface area contributed by atoms with Crippen LogP contribution in [0, 0.1) is 5.82 Å². The topological polar surface area (TPSA) is 118 Å². The Morgan fingerprint density at radius 1 is 1.12 bits per heavy atom. The number of benzene rings is 1. The van der Waals surface area contributed by atoms with Crippen molar-refractivity contribution in [3.8, 4) is 22.1 Å². The molecule has 4 amide bonds. The van der Waals surface area contributed by atoms with Gasteiger partial charge in [0, 0.05) is 62.5 Å². The van der Waals surface area contributed by atoms with Crippen LogP contribution in [-0.4, -0.2) is 59.3 Å². The van der Waals surface area contributed by atoms with Gasteiger partial charge in [-0.3, -0.25) is 9.97 Å². The Kier molecular flexibility index (Phi) is 9.13. The second kappa shape index (κ2) is 13.1. The molecular weight excluding hydrogens is 559 g/mol. The number of halogens is 1. The molecule has 0 bridgehead atoms. The molecule has 0 atom stereocenters. The van der Waals surface area contributed by atoms with Crippen molar-refractivity contribution < 1.29 is 23.5 Å². The summed E-state index contributed by atoms with van der Waals surface area (Å²) in [6.07, 6.45) is 5.29. The van der Waals surface area contributed by atoms with Crippen LogP contribution >= 0.6 is 11.3 Å². The first-order chi connectivity index (χ1) is 20.3. The lowest BCUT2D eigenvalue weighted by atomic mass is 10.2. The fourth-order valence-electron chi connectivity index (χ4n) is 4.16. The SMILES string of the molecule is COCCN(Cc1ccc(-c2cc3nccc(Oc4ccc(NC(=O)NC5CC5)cc4F)c3s2)nc1)C(=O)NC(C)C. The maximum Gasteiger partial charge on any atom is 0.319 e. The number of hydrogen-bond acceptors (Lipinski definition) is 7. The average Bonchev–Trinajstić information content (AvgIpc) is 3.65. The summed E-state index contributed by atoms with van der Waals surface area (Å²) >= 11 is 1.44. The third-order valence-corrected chi connectivity index (χ3v) is 7.57. The van der Waals surface area contributed by atoms with Crippen molar-refractivity contribution in [1.29, 1.82) is 0 Å². The van der Waals surface area contributed by atoms with Gasteiger partial charge < -0.3 is 30.3 Å². The van der Waals surface area contributed by atoms with Crippen molar-refractivity contribution in [1.82, 2.24) is 25.5 Å². The van der Waals surface area contributed by atoms with E-state index in [-0.39, 0.29) is 29.9 Å². The monoisotopic (exact) mass is 592 g/mol. The lowest BCUT2D eigenvalue weighted by Gasteiger charge is -2.24. The zero-order chi connectivity index (χ0) is 29.6. The Balaban J connectivity index is 1.29. The Morgan fingerprint density at radius 2 is 1.95 bits per heavy atom. The number of pyridine rings is 2. The predicted molar refractivity (Wildman–Crippen MR) is 160 cm³/mol. The molecule has 1 aliphatic carbocycles. The van der Waals surface area contributed by atoms with Crippen LogP contribution in [0.5, 0.6) is 11.5 Å². The standard InChI is InChI=1S/C30H33FN6O4S/c1-18(2)34-30(39)37(12-13-40-3)17-19-4-8-23(33-16-19)27-15-24-28(42-27)26(10-11-32-24)41-25-9-7-21(14-22(25)31)36-29(38)35-20-5-6-20/h4,7-11,14-16,18,20H,5-6,12-13,17H2,1-3H3,(H,34,39)(H2,35,36,38). The van der Waals surface area contributed by atoms with E-state index >= 15 is 0 Å². The molecule has 4 aromatic rings. The smallest absolute Gasteiger partial charge is 0.319 e. The number of amides is 4. The van der Waals surface area contributed by atoms with E-state index in [9.17, 15) is 14.0 Å². The van der Waals surface area contributed by atoms with Crippen molar-refractivity contribution in [2.75, 3.05) is 25.6 Å². The van der Waals surface area contributed by atoms with E-state index in [2.05, 4.69) is 25.9 Å². The summed E-state index contributed by atoms with van der Waals surface area (Å²) in [5.41, 5.74) is 2.67. The van der Waals surface area contributed by atoms with Gasteiger partial charge in [-0.1, -0.05) is 6.07 Å². The van der Waals surface area contributed by atoms with E-state index in [1.54, 1.807) is 36.5 Å². The molecule has 3 N–H and O–H groups in total. The van der Waals surface area contributed by atoms with Gasteiger partial charge in [0.1, 0.15) is 5.75 Å². The molecule has 0 spiro atoms. The Labute approximate surface area is 247 Å². The van der Waals surface area contributed by atoms with Gasteiger partial charge in [-0.05, 0) is 56.5 Å². The first-order valence-corrected chi connectivity index (χ1v) is 14.5. The molecule has 1 saturated carbocycles. The normalized spacial score (nSPS) is 12.8. The van der Waals surface area contributed by atoms with E-state index in [0.717, 1.165) is 33.7 Å². The van der Waals surface area contributed by atoms with E-state index < -0.39 is 5.82 Å². The summed E-state index contributed by atoms with van der Waals surface area (Å²) in [6.45, 7) is 5.12. The molecule has 10 nitrogen and oxygen atoms in total. The summed E-state index contributed by atoms with van der Waals surface area (Å²) < 4.78 is 26.7. The van der Waals surface area contributed by atoms with Crippen molar-refractivity contribution in [2.24, 2.45) is 0 Å². The second-order valence-electron chi connectivity index (χ2n) is 10.3. The van der Waals surface area contributed by atoms with Gasteiger partial charge >= 0.3 is 12.1 Å². The van der Waals surface area contributed by atoms with Gasteiger partial charge in [0.2, 0.25) is 0 Å². The molecule has 3 aromatic heterocycles. The van der Waals surface area contributed by atoms with Gasteiger partial charge in [0.05, 0.1) is 27.4 Å². The van der Waals surface area contributed by atoms with Crippen LogP contribution in [0.15, 0.2) is 54.9 Å². The van der Waals surface area contributed by atoms with Crippen LogP contribution in [0.3, 0.4) is 0 Å². The fourth-order valence-corrected chi connectivity index (χ4v) is 5.20. The Bertz CT molecular complexity index is 1560. The fraction of sp³-hybridized carbons (Fsp3) is 0.333. The molecule has 1 fully saturated rings. The summed E-state index contributed by atoms with van der Waals surface area (Å²) in [6, 6.07) is 11.5. The van der Waals surface area contributed by atoms with Crippen LogP contribution in [0.25, 0.3) is 20.8 Å². The molecule has 1 aliphatic rings. The van der Waals surface area contributed by atoms with Crippen molar-refractivity contribution in [2.45, 2.75) is 45.3 Å². The van der Waals surface area contributed by atoms with E-state index in [0.29, 0.717) is 36.6 Å². The van der Waals surface area contributed by atoms with E-state index in [1.807, 2.05) is 32.0 Å². The molecule has 0 unspecified atom stereocenters. The number of carbonyl (C=O) groups excluding carboxylic acids is 2. The zero-order valence-corrected chi connectivity index (χ0v) is 24.5. The number of methoxy groups -OCH3 is 1. The molecule has 0 aliphatic heterocycles. The highest BCUT2D eigenvalue weighted by Crippen LogP contribution is 2.39. The van der Waals surface area contributed by atoms with Crippen LogP contribution in [0.2, 0.25) is 0 Å². The van der Waals surface area contributed by atoms with Gasteiger partial charge in [-0.15, -0.1) is 11.3 Å². The van der Waals surface area contributed by atoms with Crippen molar-refractivity contribution in [3.63, 3.8) is 0 Å². The number of carbonyl (C=O) groups is 2. The van der Waals surface area contributed by atoms with Crippen LogP contribution in [-0.2, 0) is 11.3 Å². The molecule has 12 heteroatoms. The first-order valence-electron chi connectivity index (χ1n) is 13.7. The number of aromatic nitrogens is 2. The molecule has 220 valence electrons. The number of urea groups is 2. The molecule has 5 rings (SSSR count). The summed E-state index contributed by atoms with van der Waals surface area (Å²) in [4.78, 5) is 36.2. The minimum absolute atomic E-state index is 0.0242. The first kappa shape index (κ1) is 29.2. The Morgan fingerprint density at radius 3 is 2.64 bits per heavy atom. The number of fused-ring (bicyclic) bond motifs is 1. The van der Waals surface area contributed by atoms with Gasteiger partial charge in [0.25, 0.3) is 0 Å². The predicted octanol–water partition coefficient (Wildman–Crippen LogP) is 6.14. The van der Waals surface area contributed by atoms with Gasteiger partial charge in [-0.25, -0.2) is 14.0 Å². The minimum atomic E-state index is -0.597. The second-order valence-corrected chi connectivity index (χ2v) is 11.4. The zero-order valence-electron chi connectivity index (χ0n) is 23.6. The van der Waals surface area contributed by atoms with E-state index in [4.69, 9.17) is 9.47 Å². The number of thiophene rings is 1. The van der Waals surface area contributed by atoms with Crippen LogP contribution in [0.4, 0.5) is 19.7 Å². The highest BCUT2D eigenvalue weighted by Gasteiger charge is 2.23. The third kappa shape index (κ3) is 7.51. The molecule has 42 heavy (non-hydrogen) atoms. The maximum atomic E-state index is 14.9. The summed E-state index contributed by atoms with van der Waals surface area (Å²) in [5, 5.41) is 8.37. The lowest BCUT2D eigenvalue weighted by Crippen LogP contribution is -2.43. The number of anilines is 1. The summed E-state index contributed by atoms with van der Waals surface area (Å²) in [5.74, 6) is -0.101. The minimum Gasteiger partial charge on any atom is -0.453 e. The maximum absolute atomic E-state index is 14.9. The number of hydrogen-bond donors (Lipinski definition) is 3. The molecule has 0 radical (unpaired) electrons. The average molecular weight is 593 g/mol. The van der Waals surface area contributed by atoms with Crippen LogP contribution in [0.1, 0.15) is 32.3 Å². The van der Waals surface area contributed by atoms with Crippen molar-refractivity contribution >= 4 is 39.3 Å².